The average Bonchev–Trinajstić information content (AvgIpc) is 3.12. The van der Waals surface area contributed by atoms with Crippen molar-refractivity contribution >= 4 is 17.0 Å². The van der Waals surface area contributed by atoms with Crippen LogP contribution < -0.4 is 0 Å². The zero-order chi connectivity index (χ0) is 17.9. The van der Waals surface area contributed by atoms with E-state index in [9.17, 15) is 4.79 Å². The molecule has 124 valence electrons. The summed E-state index contributed by atoms with van der Waals surface area (Å²) >= 11 is 0. The molecule has 0 saturated heterocycles. The zero-order valence-electron chi connectivity index (χ0n) is 13.8. The van der Waals surface area contributed by atoms with E-state index in [1.165, 1.54) is 0 Å². The van der Waals surface area contributed by atoms with Crippen LogP contribution in [0.25, 0.3) is 22.7 Å². The van der Waals surface area contributed by atoms with Gasteiger partial charge in [-0.15, -0.1) is 6.42 Å². The Kier molecular flexibility index (Phi) is 4.04. The van der Waals surface area contributed by atoms with Crippen molar-refractivity contribution in [2.45, 2.75) is 6.42 Å². The molecule has 0 N–H and O–H groups in total. The van der Waals surface area contributed by atoms with E-state index in [1.54, 1.807) is 36.5 Å². The van der Waals surface area contributed by atoms with Crippen molar-refractivity contribution in [3.05, 3.63) is 83.6 Å². The summed E-state index contributed by atoms with van der Waals surface area (Å²) in [6.45, 7) is 0. The number of benzene rings is 2. The van der Waals surface area contributed by atoms with Crippen LogP contribution in [-0.2, 0) is 6.42 Å². The average molecular weight is 338 g/mol. The predicted octanol–water partition coefficient (Wildman–Crippen LogP) is 4.30. The maximum Gasteiger partial charge on any atom is 0.228 e. The normalized spacial score (nSPS) is 10.6. The molecule has 2 aromatic heterocycles. The first-order valence-electron chi connectivity index (χ1n) is 8.14. The molecule has 0 aliphatic carbocycles. The van der Waals surface area contributed by atoms with Crippen molar-refractivity contribution in [2.24, 2.45) is 0 Å². The van der Waals surface area contributed by atoms with Crippen LogP contribution in [0, 0.1) is 12.3 Å². The number of hydrogen-bond donors (Lipinski definition) is 0. The third-order valence-electron chi connectivity index (χ3n) is 4.05. The number of aromatic nitrogens is 2. The SMILES string of the molecule is C#Cc1cccc(C(=O)Cc2cccc(-c3nc4ncccc4o3)c2)c1. The Bertz CT molecular complexity index is 1120. The molecule has 4 heteroatoms. The maximum absolute atomic E-state index is 12.6. The third-order valence-corrected chi connectivity index (χ3v) is 4.05. The summed E-state index contributed by atoms with van der Waals surface area (Å²) in [5, 5.41) is 0. The van der Waals surface area contributed by atoms with Gasteiger partial charge in [-0.3, -0.25) is 4.79 Å². The molecule has 4 aromatic rings. The maximum atomic E-state index is 12.6. The molecular weight excluding hydrogens is 324 g/mol. The lowest BCUT2D eigenvalue weighted by Crippen LogP contribution is -2.03. The number of terminal acetylenes is 1. The molecule has 0 atom stereocenters. The fourth-order valence-electron chi connectivity index (χ4n) is 2.78. The van der Waals surface area contributed by atoms with Crippen LogP contribution in [0.2, 0.25) is 0 Å². The Hall–Kier alpha value is -3.71. The Labute approximate surface area is 150 Å². The fourth-order valence-corrected chi connectivity index (χ4v) is 2.78. The van der Waals surface area contributed by atoms with Gasteiger partial charge in [-0.2, -0.15) is 4.98 Å². The third kappa shape index (κ3) is 3.11. The second-order valence-electron chi connectivity index (χ2n) is 5.87. The van der Waals surface area contributed by atoms with Gasteiger partial charge in [0.15, 0.2) is 17.0 Å². The first-order chi connectivity index (χ1) is 12.7. The molecule has 0 fully saturated rings. The number of rotatable bonds is 4. The minimum absolute atomic E-state index is 0.0125. The quantitative estimate of drug-likeness (QED) is 0.411. The van der Waals surface area contributed by atoms with E-state index < -0.39 is 0 Å². The molecule has 0 spiro atoms. The van der Waals surface area contributed by atoms with Gasteiger partial charge in [0.25, 0.3) is 0 Å². The second kappa shape index (κ2) is 6.66. The van der Waals surface area contributed by atoms with E-state index in [-0.39, 0.29) is 12.2 Å². The van der Waals surface area contributed by atoms with E-state index >= 15 is 0 Å². The molecule has 0 bridgehead atoms. The van der Waals surface area contributed by atoms with Crippen molar-refractivity contribution < 1.29 is 9.21 Å². The van der Waals surface area contributed by atoms with Gasteiger partial charge < -0.3 is 4.42 Å². The Morgan fingerprint density at radius 1 is 1.08 bits per heavy atom. The van der Waals surface area contributed by atoms with Crippen LogP contribution in [0.3, 0.4) is 0 Å². The van der Waals surface area contributed by atoms with Gasteiger partial charge in [-0.05, 0) is 42.0 Å². The highest BCUT2D eigenvalue weighted by Gasteiger charge is 2.12. The molecular formula is C22H14N2O2. The first-order valence-corrected chi connectivity index (χ1v) is 8.14. The summed E-state index contributed by atoms with van der Waals surface area (Å²) in [4.78, 5) is 21.1. The van der Waals surface area contributed by atoms with Gasteiger partial charge in [-0.25, -0.2) is 4.98 Å². The highest BCUT2D eigenvalue weighted by Crippen LogP contribution is 2.24. The number of ketones is 1. The van der Waals surface area contributed by atoms with Gasteiger partial charge in [0.05, 0.1) is 0 Å². The summed E-state index contributed by atoms with van der Waals surface area (Å²) in [5.74, 6) is 3.05. The van der Waals surface area contributed by atoms with Gasteiger partial charge in [0, 0.05) is 29.3 Å². The number of nitrogens with zero attached hydrogens (tertiary/aromatic N) is 2. The molecule has 26 heavy (non-hydrogen) atoms. The second-order valence-corrected chi connectivity index (χ2v) is 5.87. The monoisotopic (exact) mass is 338 g/mol. The van der Waals surface area contributed by atoms with E-state index in [0.29, 0.717) is 28.2 Å². The molecule has 0 radical (unpaired) electrons. The van der Waals surface area contributed by atoms with E-state index in [2.05, 4.69) is 15.9 Å². The number of carbonyl (C=O) groups excluding carboxylic acids is 1. The Morgan fingerprint density at radius 3 is 2.81 bits per heavy atom. The molecule has 2 heterocycles. The molecule has 0 aliphatic heterocycles. The molecule has 0 saturated carbocycles. The standard InChI is InChI=1S/C22H14N2O2/c1-2-15-6-3-8-17(12-15)19(25)14-16-7-4-9-18(13-16)22-24-21-20(26-22)10-5-11-23-21/h1,3-13H,14H2. The van der Waals surface area contributed by atoms with Gasteiger partial charge in [0.2, 0.25) is 5.89 Å². The largest absolute Gasteiger partial charge is 0.434 e. The summed E-state index contributed by atoms with van der Waals surface area (Å²) < 4.78 is 5.75. The van der Waals surface area contributed by atoms with Crippen LogP contribution in [0.1, 0.15) is 21.5 Å². The molecule has 0 aliphatic rings. The summed E-state index contributed by atoms with van der Waals surface area (Å²) in [6, 6.07) is 18.3. The smallest absolute Gasteiger partial charge is 0.228 e. The van der Waals surface area contributed by atoms with Gasteiger partial charge >= 0.3 is 0 Å². The van der Waals surface area contributed by atoms with Crippen LogP contribution in [0.15, 0.2) is 71.3 Å². The van der Waals surface area contributed by atoms with Crippen LogP contribution in [0.4, 0.5) is 0 Å². The van der Waals surface area contributed by atoms with Crippen LogP contribution in [0.5, 0.6) is 0 Å². The van der Waals surface area contributed by atoms with E-state index in [4.69, 9.17) is 10.8 Å². The molecule has 4 rings (SSSR count). The van der Waals surface area contributed by atoms with Crippen molar-refractivity contribution in [3.63, 3.8) is 0 Å². The molecule has 0 amide bonds. The van der Waals surface area contributed by atoms with Gasteiger partial charge in [0.1, 0.15) is 0 Å². The predicted molar refractivity (Wildman–Crippen MR) is 99.7 cm³/mol. The summed E-state index contributed by atoms with van der Waals surface area (Å²) in [5.41, 5.74) is 4.20. The molecule has 4 nitrogen and oxygen atoms in total. The van der Waals surface area contributed by atoms with E-state index in [1.807, 2.05) is 30.3 Å². The van der Waals surface area contributed by atoms with Crippen molar-refractivity contribution in [2.75, 3.05) is 0 Å². The van der Waals surface area contributed by atoms with E-state index in [0.717, 1.165) is 11.1 Å². The number of pyridine rings is 1. The van der Waals surface area contributed by atoms with Crippen LogP contribution in [-0.4, -0.2) is 15.8 Å². The highest BCUT2D eigenvalue weighted by molar-refractivity contribution is 5.98. The van der Waals surface area contributed by atoms with Crippen molar-refractivity contribution in [3.8, 4) is 23.8 Å². The summed E-state index contributed by atoms with van der Waals surface area (Å²) in [7, 11) is 0. The summed E-state index contributed by atoms with van der Waals surface area (Å²) in [6.07, 6.45) is 7.36. The lowest BCUT2D eigenvalue weighted by Gasteiger charge is -2.04. The molecule has 2 aromatic carbocycles. The number of carbonyl (C=O) groups is 1. The zero-order valence-corrected chi connectivity index (χ0v) is 13.8. The Morgan fingerprint density at radius 2 is 1.96 bits per heavy atom. The van der Waals surface area contributed by atoms with Crippen molar-refractivity contribution in [1.82, 2.24) is 9.97 Å². The lowest BCUT2D eigenvalue weighted by molar-refractivity contribution is 0.0993. The minimum atomic E-state index is 0.0125. The minimum Gasteiger partial charge on any atom is -0.434 e. The number of hydrogen-bond acceptors (Lipinski definition) is 4. The molecule has 0 unspecified atom stereocenters. The number of Topliss-reactive ketones (excluding diaryl/α,β-unsaturated/α-hetero) is 1. The highest BCUT2D eigenvalue weighted by atomic mass is 16.3. The Balaban J connectivity index is 1.61. The fraction of sp³-hybridized carbons (Fsp3) is 0.0455. The van der Waals surface area contributed by atoms with Gasteiger partial charge in [-0.1, -0.05) is 30.2 Å². The van der Waals surface area contributed by atoms with Crippen LogP contribution >= 0.6 is 0 Å². The topological polar surface area (TPSA) is 56.0 Å². The van der Waals surface area contributed by atoms with Crippen molar-refractivity contribution in [1.29, 1.82) is 0 Å². The lowest BCUT2D eigenvalue weighted by atomic mass is 10.00. The number of oxazole rings is 1. The number of fused-ring (bicyclic) bond motifs is 1. The first kappa shape index (κ1) is 15.8.